The van der Waals surface area contributed by atoms with Crippen molar-refractivity contribution in [3.8, 4) is 0 Å². The van der Waals surface area contributed by atoms with Gasteiger partial charge in [-0.1, -0.05) is 25.1 Å². The molecule has 1 aromatic carbocycles. The first-order chi connectivity index (χ1) is 7.97. The second kappa shape index (κ2) is 5.82. The number of nitrogens with one attached hydrogen (secondary N) is 1. The Bertz CT molecular complexity index is 376. The van der Waals surface area contributed by atoms with Gasteiger partial charge in [-0.25, -0.2) is 0 Å². The van der Waals surface area contributed by atoms with Gasteiger partial charge in [0.2, 0.25) is 0 Å². The van der Waals surface area contributed by atoms with Crippen molar-refractivity contribution < 1.29 is 18.0 Å². The Morgan fingerprint density at radius 3 is 2.65 bits per heavy atom. The van der Waals surface area contributed by atoms with E-state index < -0.39 is 17.8 Å². The lowest BCUT2D eigenvalue weighted by atomic mass is 10.0. The molecule has 0 saturated carbocycles. The Morgan fingerprint density at radius 1 is 1.41 bits per heavy atom. The van der Waals surface area contributed by atoms with Crippen LogP contribution in [0.5, 0.6) is 0 Å². The first kappa shape index (κ1) is 13.7. The highest BCUT2D eigenvalue weighted by Gasteiger charge is 2.30. The predicted molar refractivity (Wildman–Crippen MR) is 58.7 cm³/mol. The maximum Gasteiger partial charge on any atom is 0.416 e. The van der Waals surface area contributed by atoms with Crippen LogP contribution < -0.4 is 5.32 Å². The van der Waals surface area contributed by atoms with E-state index in [2.05, 4.69) is 5.32 Å². The highest BCUT2D eigenvalue weighted by molar-refractivity contribution is 5.58. The van der Waals surface area contributed by atoms with E-state index in [1.165, 1.54) is 6.07 Å². The minimum absolute atomic E-state index is 0.265. The monoisotopic (exact) mass is 245 g/mol. The fourth-order valence-corrected chi connectivity index (χ4v) is 1.56. The molecule has 0 amide bonds. The number of hydrogen-bond donors (Lipinski definition) is 1. The Kier molecular flexibility index (Phi) is 4.69. The molecule has 94 valence electrons. The summed E-state index contributed by atoms with van der Waals surface area (Å²) in [5.41, 5.74) is -0.186. The van der Waals surface area contributed by atoms with Crippen molar-refractivity contribution in [2.75, 3.05) is 6.54 Å². The molecule has 0 heterocycles. The van der Waals surface area contributed by atoms with Crippen molar-refractivity contribution in [3.05, 3.63) is 35.4 Å². The second-order valence-corrected chi connectivity index (χ2v) is 3.70. The first-order valence-electron chi connectivity index (χ1n) is 5.32. The minimum Gasteiger partial charge on any atom is -0.308 e. The van der Waals surface area contributed by atoms with Gasteiger partial charge < -0.3 is 10.1 Å². The number of halogens is 3. The van der Waals surface area contributed by atoms with Gasteiger partial charge in [0.15, 0.2) is 0 Å². The molecule has 0 fully saturated rings. The van der Waals surface area contributed by atoms with Gasteiger partial charge in [0.25, 0.3) is 0 Å². The average Bonchev–Trinajstić information content (AvgIpc) is 2.28. The van der Waals surface area contributed by atoms with Gasteiger partial charge in [-0.2, -0.15) is 13.2 Å². The van der Waals surface area contributed by atoms with E-state index in [9.17, 15) is 18.0 Å². The van der Waals surface area contributed by atoms with E-state index in [1.807, 2.05) is 6.92 Å². The lowest BCUT2D eigenvalue weighted by Crippen LogP contribution is -2.32. The van der Waals surface area contributed by atoms with Crippen LogP contribution in [0.4, 0.5) is 13.2 Å². The van der Waals surface area contributed by atoms with E-state index in [0.29, 0.717) is 18.4 Å². The molecule has 0 aliphatic rings. The third-order valence-electron chi connectivity index (χ3n) is 2.34. The first-order valence-corrected chi connectivity index (χ1v) is 5.32. The molecule has 0 saturated heterocycles. The van der Waals surface area contributed by atoms with Crippen LogP contribution >= 0.6 is 0 Å². The summed E-state index contributed by atoms with van der Waals surface area (Å²) in [6.45, 7) is 2.44. The molecule has 0 aromatic heterocycles. The third kappa shape index (κ3) is 4.19. The van der Waals surface area contributed by atoms with Gasteiger partial charge in [0.1, 0.15) is 6.29 Å². The van der Waals surface area contributed by atoms with Crippen LogP contribution in [0.25, 0.3) is 0 Å². The average molecular weight is 245 g/mol. The lowest BCUT2D eigenvalue weighted by molar-refractivity contribution is -0.137. The molecule has 1 unspecified atom stereocenters. The largest absolute Gasteiger partial charge is 0.416 e. The van der Waals surface area contributed by atoms with E-state index in [1.54, 1.807) is 6.07 Å². The van der Waals surface area contributed by atoms with E-state index in [4.69, 9.17) is 0 Å². The molecule has 0 bridgehead atoms. The van der Waals surface area contributed by atoms with Gasteiger partial charge in [0, 0.05) is 0 Å². The highest BCUT2D eigenvalue weighted by atomic mass is 19.4. The van der Waals surface area contributed by atoms with Crippen molar-refractivity contribution in [2.45, 2.75) is 25.6 Å². The number of hydrogen-bond acceptors (Lipinski definition) is 2. The van der Waals surface area contributed by atoms with Crippen LogP contribution in [-0.4, -0.2) is 18.9 Å². The maximum atomic E-state index is 12.5. The number of benzene rings is 1. The molecule has 1 aromatic rings. The van der Waals surface area contributed by atoms with Gasteiger partial charge in [-0.3, -0.25) is 0 Å². The molecule has 0 aliphatic carbocycles. The van der Waals surface area contributed by atoms with E-state index in [-0.39, 0.29) is 6.42 Å². The summed E-state index contributed by atoms with van der Waals surface area (Å²) >= 11 is 0. The zero-order valence-corrected chi connectivity index (χ0v) is 9.42. The fourth-order valence-electron chi connectivity index (χ4n) is 1.56. The standard InChI is InChI=1S/C12H14F3NO/c1-2-16-11(8-17)7-9-4-3-5-10(6-9)12(13,14)15/h3-6,8,11,16H,2,7H2,1H3. The van der Waals surface area contributed by atoms with Crippen molar-refractivity contribution in [3.63, 3.8) is 0 Å². The fraction of sp³-hybridized carbons (Fsp3) is 0.417. The van der Waals surface area contributed by atoms with Gasteiger partial charge in [-0.15, -0.1) is 0 Å². The summed E-state index contributed by atoms with van der Waals surface area (Å²) in [4.78, 5) is 10.7. The Morgan fingerprint density at radius 2 is 2.12 bits per heavy atom. The summed E-state index contributed by atoms with van der Waals surface area (Å²) in [6.07, 6.45) is -3.37. The molecular formula is C12H14F3NO. The number of carbonyl (C=O) groups excluding carboxylic acids is 1. The summed E-state index contributed by atoms with van der Waals surface area (Å²) in [7, 11) is 0. The van der Waals surface area contributed by atoms with Crippen LogP contribution in [-0.2, 0) is 17.4 Å². The van der Waals surface area contributed by atoms with Gasteiger partial charge in [-0.05, 0) is 24.6 Å². The molecule has 1 N–H and O–H groups in total. The number of alkyl halides is 3. The van der Waals surface area contributed by atoms with Crippen molar-refractivity contribution >= 4 is 6.29 Å². The number of aldehydes is 1. The van der Waals surface area contributed by atoms with Gasteiger partial charge >= 0.3 is 6.18 Å². The van der Waals surface area contributed by atoms with E-state index >= 15 is 0 Å². The van der Waals surface area contributed by atoms with Crippen LogP contribution in [0.1, 0.15) is 18.1 Å². The quantitative estimate of drug-likeness (QED) is 0.807. The molecule has 17 heavy (non-hydrogen) atoms. The zero-order chi connectivity index (χ0) is 12.9. The molecule has 1 rings (SSSR count). The van der Waals surface area contributed by atoms with Crippen molar-refractivity contribution in [2.24, 2.45) is 0 Å². The molecule has 0 spiro atoms. The maximum absolute atomic E-state index is 12.5. The number of carbonyl (C=O) groups is 1. The zero-order valence-electron chi connectivity index (χ0n) is 9.42. The summed E-state index contributed by atoms with van der Waals surface area (Å²) in [5, 5.41) is 2.89. The lowest BCUT2D eigenvalue weighted by Gasteiger charge is -2.12. The van der Waals surface area contributed by atoms with Gasteiger partial charge in [0.05, 0.1) is 11.6 Å². The normalized spacial score (nSPS) is 13.4. The molecular weight excluding hydrogens is 231 g/mol. The molecule has 1 atom stereocenters. The highest BCUT2D eigenvalue weighted by Crippen LogP contribution is 2.29. The third-order valence-corrected chi connectivity index (χ3v) is 2.34. The molecule has 0 aliphatic heterocycles. The van der Waals surface area contributed by atoms with E-state index in [0.717, 1.165) is 12.1 Å². The van der Waals surface area contributed by atoms with Crippen molar-refractivity contribution in [1.29, 1.82) is 0 Å². The predicted octanol–water partition coefficient (Wildman–Crippen LogP) is 2.42. The Labute approximate surface area is 97.8 Å². The summed E-state index contributed by atoms with van der Waals surface area (Å²) in [5.74, 6) is 0. The minimum atomic E-state index is -4.34. The Hall–Kier alpha value is -1.36. The van der Waals surface area contributed by atoms with Crippen LogP contribution in [0, 0.1) is 0 Å². The number of rotatable bonds is 5. The molecule has 2 nitrogen and oxygen atoms in total. The topological polar surface area (TPSA) is 29.1 Å². The van der Waals surface area contributed by atoms with Crippen LogP contribution in [0.15, 0.2) is 24.3 Å². The van der Waals surface area contributed by atoms with Crippen LogP contribution in [0.3, 0.4) is 0 Å². The van der Waals surface area contributed by atoms with Crippen LogP contribution in [0.2, 0.25) is 0 Å². The van der Waals surface area contributed by atoms with Crippen molar-refractivity contribution in [1.82, 2.24) is 5.32 Å². The summed E-state index contributed by atoms with van der Waals surface area (Å²) < 4.78 is 37.4. The Balaban J connectivity index is 2.81. The number of likely N-dealkylation sites (N-methyl/N-ethyl adjacent to an activating group) is 1. The second-order valence-electron chi connectivity index (χ2n) is 3.70. The molecule has 5 heteroatoms. The smallest absolute Gasteiger partial charge is 0.308 e. The summed E-state index contributed by atoms with van der Waals surface area (Å²) in [6, 6.07) is 4.60. The molecule has 0 radical (unpaired) electrons. The SMILES string of the molecule is CCNC(C=O)Cc1cccc(C(F)(F)F)c1.